The molecule has 2 N–H and O–H groups in total. The highest BCUT2D eigenvalue weighted by atomic mass is 14.7. The average molecular weight is 219 g/mol. The highest BCUT2D eigenvalue weighted by molar-refractivity contribution is 5.35. The molecule has 0 heterocycles. The maximum Gasteiger partial charge on any atom is 0.00794 e. The van der Waals surface area contributed by atoms with Gasteiger partial charge in [-0.25, -0.2) is 0 Å². The quantitative estimate of drug-likeness (QED) is 0.618. The first-order valence-electron chi connectivity index (χ1n) is 7.08. The fourth-order valence-corrected chi connectivity index (χ4v) is 4.71. The second-order valence-corrected chi connectivity index (χ2v) is 6.73. The lowest BCUT2D eigenvalue weighted by Gasteiger charge is -2.36. The third-order valence-corrected chi connectivity index (χ3v) is 5.56. The molecular formula is C15H25N. The summed E-state index contributed by atoms with van der Waals surface area (Å²) in [6.07, 6.45) is 9.56. The monoisotopic (exact) mass is 219 g/mol. The van der Waals surface area contributed by atoms with E-state index in [0.29, 0.717) is 11.5 Å². The van der Waals surface area contributed by atoms with Crippen molar-refractivity contribution in [1.82, 2.24) is 0 Å². The van der Waals surface area contributed by atoms with Crippen molar-refractivity contribution in [3.63, 3.8) is 0 Å². The van der Waals surface area contributed by atoms with Gasteiger partial charge in [-0.2, -0.15) is 0 Å². The Bertz CT molecular complexity index is 326. The van der Waals surface area contributed by atoms with E-state index in [1.165, 1.54) is 44.9 Å². The maximum absolute atomic E-state index is 6.17. The van der Waals surface area contributed by atoms with E-state index in [4.69, 9.17) is 5.73 Å². The van der Waals surface area contributed by atoms with Gasteiger partial charge in [-0.1, -0.05) is 37.8 Å². The predicted molar refractivity (Wildman–Crippen MR) is 68.1 cm³/mol. The van der Waals surface area contributed by atoms with Gasteiger partial charge in [0.25, 0.3) is 0 Å². The third kappa shape index (κ3) is 1.40. The van der Waals surface area contributed by atoms with E-state index >= 15 is 0 Å². The molecule has 0 aromatic rings. The number of hydrogen-bond acceptors (Lipinski definition) is 1. The Morgan fingerprint density at radius 1 is 1.12 bits per heavy atom. The van der Waals surface area contributed by atoms with Gasteiger partial charge in [0.15, 0.2) is 0 Å². The minimum atomic E-state index is 0.443. The highest BCUT2D eigenvalue weighted by Crippen LogP contribution is 2.59. The number of fused-ring (bicyclic) bond motifs is 2. The summed E-state index contributed by atoms with van der Waals surface area (Å²) in [6.45, 7) is 4.96. The summed E-state index contributed by atoms with van der Waals surface area (Å²) in [4.78, 5) is 0. The lowest BCUT2D eigenvalue weighted by Crippen LogP contribution is -2.30. The molecule has 0 radical (unpaired) electrons. The van der Waals surface area contributed by atoms with Crippen LogP contribution < -0.4 is 5.73 Å². The van der Waals surface area contributed by atoms with Gasteiger partial charge in [0.2, 0.25) is 0 Å². The highest BCUT2D eigenvalue weighted by Gasteiger charge is 2.48. The van der Waals surface area contributed by atoms with Crippen LogP contribution in [-0.4, -0.2) is 6.04 Å². The van der Waals surface area contributed by atoms with E-state index in [-0.39, 0.29) is 0 Å². The van der Waals surface area contributed by atoms with Crippen LogP contribution in [0, 0.1) is 17.3 Å². The number of rotatable bonds is 0. The summed E-state index contributed by atoms with van der Waals surface area (Å²) in [5, 5.41) is 0. The Kier molecular flexibility index (Phi) is 2.43. The standard InChI is InChI=1S/C15H25N/c1-15(2)13-6-4-3-5-11(13)12-8-7-10(16)9-14(12)15/h10-11,13H,3-9,16H2,1-2H3. The molecule has 1 heteroatoms. The summed E-state index contributed by atoms with van der Waals surface area (Å²) in [7, 11) is 0. The largest absolute Gasteiger partial charge is 0.327 e. The van der Waals surface area contributed by atoms with E-state index in [1.807, 2.05) is 5.57 Å². The first kappa shape index (κ1) is 10.8. The van der Waals surface area contributed by atoms with Gasteiger partial charge in [-0.3, -0.25) is 0 Å². The Morgan fingerprint density at radius 2 is 1.88 bits per heavy atom. The zero-order valence-corrected chi connectivity index (χ0v) is 10.8. The average Bonchev–Trinajstić information content (AvgIpc) is 2.49. The molecule has 3 aliphatic carbocycles. The van der Waals surface area contributed by atoms with E-state index in [0.717, 1.165) is 11.8 Å². The maximum atomic E-state index is 6.17. The van der Waals surface area contributed by atoms with Gasteiger partial charge in [0, 0.05) is 6.04 Å². The first-order valence-corrected chi connectivity index (χ1v) is 7.08. The van der Waals surface area contributed by atoms with Crippen LogP contribution in [0.25, 0.3) is 0 Å². The predicted octanol–water partition coefficient (Wildman–Crippen LogP) is 3.64. The van der Waals surface area contributed by atoms with Crippen molar-refractivity contribution in [2.24, 2.45) is 23.0 Å². The Labute approximate surface area is 99.5 Å². The van der Waals surface area contributed by atoms with Crippen molar-refractivity contribution in [3.8, 4) is 0 Å². The Hall–Kier alpha value is -0.300. The summed E-state index contributed by atoms with van der Waals surface area (Å²) in [5.74, 6) is 1.88. The van der Waals surface area contributed by atoms with Crippen LogP contribution >= 0.6 is 0 Å². The zero-order valence-electron chi connectivity index (χ0n) is 10.8. The molecule has 3 atom stereocenters. The zero-order chi connectivity index (χ0) is 11.3. The van der Waals surface area contributed by atoms with Crippen LogP contribution in [0.15, 0.2) is 11.1 Å². The van der Waals surface area contributed by atoms with Crippen LogP contribution in [0.5, 0.6) is 0 Å². The van der Waals surface area contributed by atoms with E-state index < -0.39 is 0 Å². The third-order valence-electron chi connectivity index (χ3n) is 5.56. The molecule has 3 unspecified atom stereocenters. The summed E-state index contributed by atoms with van der Waals surface area (Å²) in [5.41, 5.74) is 10.2. The van der Waals surface area contributed by atoms with Crippen molar-refractivity contribution in [2.45, 2.75) is 64.8 Å². The van der Waals surface area contributed by atoms with Crippen molar-refractivity contribution >= 4 is 0 Å². The first-order chi connectivity index (χ1) is 7.60. The van der Waals surface area contributed by atoms with Crippen LogP contribution in [0.4, 0.5) is 0 Å². The minimum Gasteiger partial charge on any atom is -0.327 e. The van der Waals surface area contributed by atoms with Gasteiger partial charge in [0.05, 0.1) is 0 Å². The topological polar surface area (TPSA) is 26.0 Å². The normalized spacial score (nSPS) is 41.8. The fourth-order valence-electron chi connectivity index (χ4n) is 4.71. The van der Waals surface area contributed by atoms with Gasteiger partial charge in [0.1, 0.15) is 0 Å². The molecule has 0 spiro atoms. The van der Waals surface area contributed by atoms with Gasteiger partial charge < -0.3 is 5.73 Å². The van der Waals surface area contributed by atoms with Crippen LogP contribution in [0.1, 0.15) is 58.8 Å². The lowest BCUT2D eigenvalue weighted by molar-refractivity contribution is 0.172. The Balaban J connectivity index is 1.98. The van der Waals surface area contributed by atoms with E-state index in [2.05, 4.69) is 13.8 Å². The van der Waals surface area contributed by atoms with Gasteiger partial charge in [-0.05, 0) is 49.4 Å². The number of allylic oxidation sites excluding steroid dienone is 1. The number of hydrogen-bond donors (Lipinski definition) is 1. The van der Waals surface area contributed by atoms with Crippen molar-refractivity contribution in [1.29, 1.82) is 0 Å². The molecule has 1 nitrogen and oxygen atoms in total. The summed E-state index contributed by atoms with van der Waals surface area (Å²) < 4.78 is 0. The lowest BCUT2D eigenvalue weighted by atomic mass is 9.68. The van der Waals surface area contributed by atoms with Crippen LogP contribution in [-0.2, 0) is 0 Å². The van der Waals surface area contributed by atoms with Crippen molar-refractivity contribution in [2.75, 3.05) is 0 Å². The SMILES string of the molecule is CC1(C)C2=C(CCC(N)C2)C2CCCCC21. The molecule has 0 bridgehead atoms. The van der Waals surface area contributed by atoms with E-state index in [9.17, 15) is 0 Å². The Morgan fingerprint density at radius 3 is 2.69 bits per heavy atom. The smallest absolute Gasteiger partial charge is 0.00794 e. The van der Waals surface area contributed by atoms with Crippen LogP contribution in [0.2, 0.25) is 0 Å². The number of nitrogens with two attached hydrogens (primary N) is 1. The molecule has 0 aromatic carbocycles. The van der Waals surface area contributed by atoms with Gasteiger partial charge in [-0.15, -0.1) is 0 Å². The van der Waals surface area contributed by atoms with Gasteiger partial charge >= 0.3 is 0 Å². The fraction of sp³-hybridized carbons (Fsp3) is 0.867. The summed E-state index contributed by atoms with van der Waals surface area (Å²) in [6, 6.07) is 0.443. The molecule has 0 saturated heterocycles. The molecule has 0 amide bonds. The molecule has 3 rings (SSSR count). The molecule has 1 fully saturated rings. The molecular weight excluding hydrogens is 194 g/mol. The van der Waals surface area contributed by atoms with Crippen molar-refractivity contribution in [3.05, 3.63) is 11.1 Å². The molecule has 1 saturated carbocycles. The molecule has 3 aliphatic rings. The minimum absolute atomic E-state index is 0.443. The molecule has 16 heavy (non-hydrogen) atoms. The van der Waals surface area contributed by atoms with Crippen molar-refractivity contribution < 1.29 is 0 Å². The second-order valence-electron chi connectivity index (χ2n) is 6.73. The molecule has 0 aliphatic heterocycles. The summed E-state index contributed by atoms with van der Waals surface area (Å²) >= 11 is 0. The molecule has 90 valence electrons. The second kappa shape index (κ2) is 3.60. The molecule has 0 aromatic heterocycles. The van der Waals surface area contributed by atoms with Crippen LogP contribution in [0.3, 0.4) is 0 Å². The van der Waals surface area contributed by atoms with E-state index in [1.54, 1.807) is 5.57 Å².